The third kappa shape index (κ3) is 2.76. The van der Waals surface area contributed by atoms with E-state index >= 15 is 0 Å². The second-order valence-corrected chi connectivity index (χ2v) is 5.07. The van der Waals surface area contributed by atoms with E-state index < -0.39 is 12.7 Å². The number of ketones is 1. The molecule has 96 valence electrons. The van der Waals surface area contributed by atoms with Crippen LogP contribution in [-0.2, 0) is 0 Å². The first-order chi connectivity index (χ1) is 8.76. The number of alkyl halides is 1. The fraction of sp³-hybridized carbons (Fsp3) is 0.357. The van der Waals surface area contributed by atoms with Crippen molar-refractivity contribution in [2.45, 2.75) is 19.4 Å². The van der Waals surface area contributed by atoms with Gasteiger partial charge in [-0.3, -0.25) is 9.18 Å². The summed E-state index contributed by atoms with van der Waals surface area (Å²) in [6.45, 7) is 2.10. The third-order valence-electron chi connectivity index (χ3n) is 2.90. The molecule has 1 aromatic heterocycles. The van der Waals surface area contributed by atoms with Gasteiger partial charge in [0.15, 0.2) is 5.78 Å². The molecule has 0 spiro atoms. The Hall–Kier alpha value is -1.26. The molecule has 1 N–H and O–H groups in total. The molecule has 0 amide bonds. The first-order valence-electron chi connectivity index (χ1n) is 6.07. The monoisotopic (exact) mass is 265 g/mol. The average molecular weight is 265 g/mol. The molecule has 4 heteroatoms. The van der Waals surface area contributed by atoms with Crippen molar-refractivity contribution < 1.29 is 9.18 Å². The van der Waals surface area contributed by atoms with Gasteiger partial charge >= 0.3 is 0 Å². The van der Waals surface area contributed by atoms with E-state index in [-0.39, 0.29) is 12.2 Å². The summed E-state index contributed by atoms with van der Waals surface area (Å²) in [7, 11) is 0. The minimum atomic E-state index is -0.482. The van der Waals surface area contributed by atoms with Crippen LogP contribution in [0.15, 0.2) is 29.6 Å². The summed E-state index contributed by atoms with van der Waals surface area (Å²) < 4.78 is 13.6. The number of hydrogen-bond donors (Lipinski definition) is 1. The number of rotatable bonds is 6. The Labute approximate surface area is 110 Å². The Morgan fingerprint density at radius 1 is 1.44 bits per heavy atom. The lowest BCUT2D eigenvalue weighted by Crippen LogP contribution is -2.37. The van der Waals surface area contributed by atoms with Crippen molar-refractivity contribution >= 4 is 27.2 Å². The first-order valence-corrected chi connectivity index (χ1v) is 6.95. The number of thiophene rings is 1. The van der Waals surface area contributed by atoms with Crippen LogP contribution in [-0.4, -0.2) is 25.0 Å². The van der Waals surface area contributed by atoms with E-state index in [0.717, 1.165) is 10.1 Å². The second-order valence-electron chi connectivity index (χ2n) is 4.13. The fourth-order valence-electron chi connectivity index (χ4n) is 2.00. The van der Waals surface area contributed by atoms with E-state index in [1.54, 1.807) is 11.3 Å². The molecular formula is C14H16FNOS. The molecule has 0 saturated heterocycles. The van der Waals surface area contributed by atoms with Crippen LogP contribution in [0, 0.1) is 0 Å². The van der Waals surface area contributed by atoms with Crippen LogP contribution in [0.4, 0.5) is 4.39 Å². The zero-order chi connectivity index (χ0) is 13.0. The van der Waals surface area contributed by atoms with Crippen LogP contribution in [0.1, 0.15) is 23.7 Å². The molecule has 18 heavy (non-hydrogen) atoms. The van der Waals surface area contributed by atoms with E-state index in [0.29, 0.717) is 12.1 Å². The second kappa shape index (κ2) is 6.07. The van der Waals surface area contributed by atoms with Crippen molar-refractivity contribution in [2.75, 3.05) is 13.2 Å². The quantitative estimate of drug-likeness (QED) is 0.811. The van der Waals surface area contributed by atoms with Crippen LogP contribution in [0.3, 0.4) is 0 Å². The summed E-state index contributed by atoms with van der Waals surface area (Å²) in [6.07, 6.45) is 0.231. The number of carbonyl (C=O) groups excluding carboxylic acids is 1. The molecule has 1 aromatic carbocycles. The number of nitrogens with one attached hydrogen (secondary N) is 1. The van der Waals surface area contributed by atoms with Crippen LogP contribution >= 0.6 is 11.3 Å². The smallest absolute Gasteiger partial charge is 0.179 e. The third-order valence-corrected chi connectivity index (χ3v) is 3.80. The van der Waals surface area contributed by atoms with Crippen molar-refractivity contribution in [2.24, 2.45) is 0 Å². The molecule has 1 heterocycles. The van der Waals surface area contributed by atoms with E-state index in [9.17, 15) is 9.18 Å². The summed E-state index contributed by atoms with van der Waals surface area (Å²) in [5.41, 5.74) is 0.653. The van der Waals surface area contributed by atoms with E-state index in [4.69, 9.17) is 0 Å². The number of likely N-dealkylation sites (N-methyl/N-ethyl adjacent to an activating group) is 1. The SMILES string of the molecule is CCNC(CCF)C(=O)c1ccc2sccc2c1. The lowest BCUT2D eigenvalue weighted by Gasteiger charge is -2.15. The number of halogens is 1. The summed E-state index contributed by atoms with van der Waals surface area (Å²) in [5, 5.41) is 6.11. The number of hydrogen-bond acceptors (Lipinski definition) is 3. The predicted octanol–water partition coefficient (Wildman–Crippen LogP) is 3.42. The highest BCUT2D eigenvalue weighted by atomic mass is 32.1. The molecular weight excluding hydrogens is 249 g/mol. The van der Waals surface area contributed by atoms with Gasteiger partial charge in [0.2, 0.25) is 0 Å². The van der Waals surface area contributed by atoms with Gasteiger partial charge in [-0.15, -0.1) is 11.3 Å². The van der Waals surface area contributed by atoms with Gasteiger partial charge in [0.25, 0.3) is 0 Å². The molecule has 2 aromatic rings. The largest absolute Gasteiger partial charge is 0.307 e. The molecule has 0 fully saturated rings. The zero-order valence-corrected chi connectivity index (χ0v) is 11.1. The number of benzene rings is 1. The van der Waals surface area contributed by atoms with Crippen LogP contribution in [0.5, 0.6) is 0 Å². The topological polar surface area (TPSA) is 29.1 Å². The van der Waals surface area contributed by atoms with E-state index in [1.807, 2.05) is 36.6 Å². The van der Waals surface area contributed by atoms with Gasteiger partial charge in [-0.25, -0.2) is 0 Å². The maximum atomic E-state index is 12.5. The molecule has 2 rings (SSSR count). The van der Waals surface area contributed by atoms with Gasteiger partial charge in [-0.1, -0.05) is 6.92 Å². The summed E-state index contributed by atoms with van der Waals surface area (Å²) in [6, 6.07) is 7.23. The molecule has 2 nitrogen and oxygen atoms in total. The summed E-state index contributed by atoms with van der Waals surface area (Å²) in [5.74, 6) is -0.0254. The van der Waals surface area contributed by atoms with Gasteiger partial charge in [-0.2, -0.15) is 0 Å². The van der Waals surface area contributed by atoms with Gasteiger partial charge in [0, 0.05) is 10.3 Å². The maximum absolute atomic E-state index is 12.5. The lowest BCUT2D eigenvalue weighted by molar-refractivity contribution is 0.0934. The normalized spacial score (nSPS) is 12.8. The Bertz CT molecular complexity index is 531. The van der Waals surface area contributed by atoms with Crippen LogP contribution in [0.25, 0.3) is 10.1 Å². The van der Waals surface area contributed by atoms with Crippen molar-refractivity contribution in [1.29, 1.82) is 0 Å². The number of Topliss-reactive ketones (excluding diaryl/α,β-unsaturated/α-hetero) is 1. The van der Waals surface area contributed by atoms with Gasteiger partial charge in [0.1, 0.15) is 0 Å². The Kier molecular flexibility index (Phi) is 4.44. The highest BCUT2D eigenvalue weighted by Crippen LogP contribution is 2.22. The van der Waals surface area contributed by atoms with Crippen LogP contribution < -0.4 is 5.32 Å². The van der Waals surface area contributed by atoms with Crippen molar-refractivity contribution in [3.8, 4) is 0 Å². The molecule has 0 bridgehead atoms. The predicted molar refractivity (Wildman–Crippen MR) is 74.2 cm³/mol. The Morgan fingerprint density at radius 2 is 2.28 bits per heavy atom. The van der Waals surface area contributed by atoms with Gasteiger partial charge < -0.3 is 5.32 Å². The molecule has 0 radical (unpaired) electrons. The molecule has 1 unspecified atom stereocenters. The van der Waals surface area contributed by atoms with Gasteiger partial charge in [0.05, 0.1) is 12.7 Å². The fourth-order valence-corrected chi connectivity index (χ4v) is 2.77. The minimum absolute atomic E-state index is 0.0254. The van der Waals surface area contributed by atoms with Gasteiger partial charge in [-0.05, 0) is 48.0 Å². The summed E-state index contributed by atoms with van der Waals surface area (Å²) in [4.78, 5) is 12.3. The first kappa shape index (κ1) is 13.2. The standard InChI is InChI=1S/C14H16FNOS/c1-2-16-12(5-7-15)14(17)11-3-4-13-10(9-11)6-8-18-13/h3-4,6,8-9,12,16H,2,5,7H2,1H3. The molecule has 0 aliphatic heterocycles. The van der Waals surface area contributed by atoms with Crippen LogP contribution in [0.2, 0.25) is 0 Å². The van der Waals surface area contributed by atoms with Crippen molar-refractivity contribution in [3.63, 3.8) is 0 Å². The minimum Gasteiger partial charge on any atom is -0.307 e. The highest BCUT2D eigenvalue weighted by molar-refractivity contribution is 7.17. The number of fused-ring (bicyclic) bond motifs is 1. The van der Waals surface area contributed by atoms with Crippen molar-refractivity contribution in [1.82, 2.24) is 5.32 Å². The zero-order valence-electron chi connectivity index (χ0n) is 10.3. The summed E-state index contributed by atoms with van der Waals surface area (Å²) >= 11 is 1.65. The molecule has 0 aliphatic rings. The molecule has 1 atom stereocenters. The molecule has 0 aliphatic carbocycles. The Morgan fingerprint density at radius 3 is 3.00 bits per heavy atom. The molecule has 0 saturated carbocycles. The maximum Gasteiger partial charge on any atom is 0.179 e. The van der Waals surface area contributed by atoms with E-state index in [1.165, 1.54) is 0 Å². The number of carbonyl (C=O) groups is 1. The van der Waals surface area contributed by atoms with Crippen molar-refractivity contribution in [3.05, 3.63) is 35.2 Å². The van der Waals surface area contributed by atoms with E-state index in [2.05, 4.69) is 5.32 Å². The highest BCUT2D eigenvalue weighted by Gasteiger charge is 2.18. The lowest BCUT2D eigenvalue weighted by atomic mass is 10.0. The average Bonchev–Trinajstić information content (AvgIpc) is 2.84. The Balaban J connectivity index is 2.24.